The SMILES string of the molecule is O=P(O)(O)OC/C=C(\F)c1ccccc1. The molecule has 1 aromatic carbocycles. The average molecular weight is 232 g/mol. The summed E-state index contributed by atoms with van der Waals surface area (Å²) in [5.74, 6) is -0.580. The third kappa shape index (κ3) is 4.85. The first-order valence-corrected chi connectivity index (χ1v) is 5.63. The van der Waals surface area contributed by atoms with Gasteiger partial charge >= 0.3 is 7.82 Å². The van der Waals surface area contributed by atoms with Crippen LogP contribution < -0.4 is 0 Å². The van der Waals surface area contributed by atoms with Crippen molar-refractivity contribution in [3.63, 3.8) is 0 Å². The molecule has 0 unspecified atom stereocenters. The third-order valence-electron chi connectivity index (χ3n) is 1.55. The first kappa shape index (κ1) is 12.1. The second-order valence-electron chi connectivity index (χ2n) is 2.70. The summed E-state index contributed by atoms with van der Waals surface area (Å²) in [6.45, 7) is -0.467. The molecule has 0 aliphatic carbocycles. The van der Waals surface area contributed by atoms with Crippen molar-refractivity contribution in [2.45, 2.75) is 0 Å². The van der Waals surface area contributed by atoms with E-state index in [-0.39, 0.29) is 0 Å². The first-order chi connectivity index (χ1) is 6.99. The fourth-order valence-corrected chi connectivity index (χ4v) is 1.19. The van der Waals surface area contributed by atoms with Crippen LogP contribution in [0.2, 0.25) is 0 Å². The summed E-state index contributed by atoms with van der Waals surface area (Å²) in [7, 11) is -4.52. The lowest BCUT2D eigenvalue weighted by Crippen LogP contribution is -1.89. The van der Waals surface area contributed by atoms with Crippen molar-refractivity contribution in [1.82, 2.24) is 0 Å². The molecule has 0 saturated carbocycles. The van der Waals surface area contributed by atoms with Gasteiger partial charge in [-0.2, -0.15) is 0 Å². The topological polar surface area (TPSA) is 66.8 Å². The summed E-state index contributed by atoms with van der Waals surface area (Å²) in [6, 6.07) is 8.15. The average Bonchev–Trinajstić information content (AvgIpc) is 2.17. The Morgan fingerprint density at radius 1 is 1.40 bits per heavy atom. The van der Waals surface area contributed by atoms with Gasteiger partial charge in [0, 0.05) is 5.56 Å². The normalized spacial score (nSPS) is 12.9. The van der Waals surface area contributed by atoms with Crippen molar-refractivity contribution < 1.29 is 23.3 Å². The molecule has 1 aromatic rings. The molecule has 2 N–H and O–H groups in total. The Labute approximate surface area is 86.3 Å². The summed E-state index contributed by atoms with van der Waals surface area (Å²) in [5, 5.41) is 0. The zero-order valence-corrected chi connectivity index (χ0v) is 8.60. The quantitative estimate of drug-likeness (QED) is 0.780. The van der Waals surface area contributed by atoms with Crippen LogP contribution in [0.25, 0.3) is 5.83 Å². The van der Waals surface area contributed by atoms with Crippen molar-refractivity contribution in [3.8, 4) is 0 Å². The van der Waals surface area contributed by atoms with Gasteiger partial charge in [-0.3, -0.25) is 4.52 Å². The minimum Gasteiger partial charge on any atom is -0.303 e. The van der Waals surface area contributed by atoms with Crippen LogP contribution in [0.1, 0.15) is 5.56 Å². The maximum atomic E-state index is 13.2. The molecule has 0 bridgehead atoms. The maximum absolute atomic E-state index is 13.2. The van der Waals surface area contributed by atoms with E-state index in [0.29, 0.717) is 5.56 Å². The van der Waals surface area contributed by atoms with Crippen LogP contribution in [0.4, 0.5) is 4.39 Å². The molecule has 6 heteroatoms. The number of benzene rings is 1. The predicted molar refractivity (Wildman–Crippen MR) is 53.5 cm³/mol. The van der Waals surface area contributed by atoms with Gasteiger partial charge in [0.05, 0.1) is 6.61 Å². The number of rotatable bonds is 4. The number of hydrogen-bond acceptors (Lipinski definition) is 2. The van der Waals surface area contributed by atoms with E-state index in [1.165, 1.54) is 0 Å². The monoisotopic (exact) mass is 232 g/mol. The molecule has 0 fully saturated rings. The Kier molecular flexibility index (Phi) is 4.17. The van der Waals surface area contributed by atoms with Gasteiger partial charge in [-0.1, -0.05) is 30.3 Å². The Bertz CT molecular complexity index is 384. The van der Waals surface area contributed by atoms with Gasteiger partial charge in [-0.15, -0.1) is 0 Å². The first-order valence-electron chi connectivity index (χ1n) is 4.10. The fourth-order valence-electron chi connectivity index (χ4n) is 0.923. The van der Waals surface area contributed by atoms with E-state index < -0.39 is 20.3 Å². The highest BCUT2D eigenvalue weighted by Crippen LogP contribution is 2.35. The molecule has 15 heavy (non-hydrogen) atoms. The van der Waals surface area contributed by atoms with Gasteiger partial charge in [0.2, 0.25) is 0 Å². The summed E-state index contributed by atoms with van der Waals surface area (Å²) in [5.41, 5.74) is 0.340. The molecular weight excluding hydrogens is 222 g/mol. The number of halogens is 1. The maximum Gasteiger partial charge on any atom is 0.469 e. The van der Waals surface area contributed by atoms with Gasteiger partial charge in [0.25, 0.3) is 0 Å². The minimum absolute atomic E-state index is 0.340. The summed E-state index contributed by atoms with van der Waals surface area (Å²) >= 11 is 0. The van der Waals surface area contributed by atoms with Crippen LogP contribution in [0, 0.1) is 0 Å². The number of phosphoric ester groups is 1. The zero-order valence-electron chi connectivity index (χ0n) is 7.71. The molecule has 1 rings (SSSR count). The molecule has 0 spiro atoms. The fraction of sp³-hybridized carbons (Fsp3) is 0.111. The highest BCUT2D eigenvalue weighted by molar-refractivity contribution is 7.46. The minimum atomic E-state index is -4.52. The van der Waals surface area contributed by atoms with Crippen molar-refractivity contribution in [2.75, 3.05) is 6.61 Å². The summed E-state index contributed by atoms with van der Waals surface area (Å²) < 4.78 is 27.6. The Morgan fingerprint density at radius 2 is 2.00 bits per heavy atom. The van der Waals surface area contributed by atoms with Crippen LogP contribution in [0.3, 0.4) is 0 Å². The third-order valence-corrected chi connectivity index (χ3v) is 2.04. The Hall–Kier alpha value is -1.00. The lowest BCUT2D eigenvalue weighted by Gasteiger charge is -2.01. The molecule has 0 aliphatic heterocycles. The molecule has 4 nitrogen and oxygen atoms in total. The standard InChI is InChI=1S/C9H10FO4P/c10-9(6-7-14-15(11,12)13)8-4-2-1-3-5-8/h1-6H,7H2,(H2,11,12,13)/b9-6-. The van der Waals surface area contributed by atoms with Crippen molar-refractivity contribution >= 4 is 13.6 Å². The van der Waals surface area contributed by atoms with Gasteiger partial charge in [0.1, 0.15) is 5.83 Å². The van der Waals surface area contributed by atoms with Gasteiger partial charge in [-0.25, -0.2) is 8.96 Å². The molecule has 0 saturated heterocycles. The van der Waals surface area contributed by atoms with Crippen LogP contribution in [-0.4, -0.2) is 16.4 Å². The summed E-state index contributed by atoms with van der Waals surface area (Å²) in [4.78, 5) is 16.7. The van der Waals surface area contributed by atoms with E-state index in [1.54, 1.807) is 30.3 Å². The van der Waals surface area contributed by atoms with Crippen LogP contribution in [-0.2, 0) is 9.09 Å². The highest BCUT2D eigenvalue weighted by Gasteiger charge is 2.12. The highest BCUT2D eigenvalue weighted by atomic mass is 31.2. The second kappa shape index (κ2) is 5.19. The van der Waals surface area contributed by atoms with Gasteiger partial charge in [0.15, 0.2) is 0 Å². The predicted octanol–water partition coefficient (Wildman–Crippen LogP) is 2.11. The van der Waals surface area contributed by atoms with E-state index in [0.717, 1.165) is 6.08 Å². The lowest BCUT2D eigenvalue weighted by atomic mass is 10.2. The largest absolute Gasteiger partial charge is 0.469 e. The van der Waals surface area contributed by atoms with Crippen molar-refractivity contribution in [3.05, 3.63) is 42.0 Å². The molecular formula is C9H10FO4P. The molecule has 82 valence electrons. The molecule has 0 amide bonds. The zero-order chi connectivity index (χ0) is 11.3. The lowest BCUT2D eigenvalue weighted by molar-refractivity contribution is 0.215. The Balaban J connectivity index is 2.58. The van der Waals surface area contributed by atoms with E-state index in [2.05, 4.69) is 4.52 Å². The van der Waals surface area contributed by atoms with E-state index in [4.69, 9.17) is 9.79 Å². The van der Waals surface area contributed by atoms with Crippen LogP contribution in [0.5, 0.6) is 0 Å². The van der Waals surface area contributed by atoms with E-state index >= 15 is 0 Å². The molecule has 0 aromatic heterocycles. The molecule has 0 atom stereocenters. The van der Waals surface area contributed by atoms with E-state index in [1.807, 2.05) is 0 Å². The number of phosphoric acid groups is 1. The van der Waals surface area contributed by atoms with Crippen molar-refractivity contribution in [2.24, 2.45) is 0 Å². The second-order valence-corrected chi connectivity index (χ2v) is 3.94. The van der Waals surface area contributed by atoms with Gasteiger partial charge < -0.3 is 9.79 Å². The van der Waals surface area contributed by atoms with Crippen LogP contribution in [0.15, 0.2) is 36.4 Å². The number of hydrogen-bond donors (Lipinski definition) is 2. The molecule has 0 radical (unpaired) electrons. The van der Waals surface area contributed by atoms with Gasteiger partial charge in [-0.05, 0) is 6.08 Å². The molecule has 0 heterocycles. The summed E-state index contributed by atoms with van der Waals surface area (Å²) in [6.07, 6.45) is 0.967. The smallest absolute Gasteiger partial charge is 0.303 e. The van der Waals surface area contributed by atoms with Crippen molar-refractivity contribution in [1.29, 1.82) is 0 Å². The molecule has 0 aliphatic rings. The van der Waals surface area contributed by atoms with Crippen LogP contribution >= 0.6 is 7.82 Å². The van der Waals surface area contributed by atoms with E-state index in [9.17, 15) is 8.96 Å². The Morgan fingerprint density at radius 3 is 2.53 bits per heavy atom.